The summed E-state index contributed by atoms with van der Waals surface area (Å²) in [6, 6.07) is 2.91. The normalized spacial score (nSPS) is 11.4. The molecule has 0 aliphatic heterocycles. The number of halogens is 1. The second-order valence-corrected chi connectivity index (χ2v) is 7.23. The lowest BCUT2D eigenvalue weighted by Crippen LogP contribution is -2.30. The number of hydrogen-bond acceptors (Lipinski definition) is 9. The van der Waals surface area contributed by atoms with Gasteiger partial charge in [0.1, 0.15) is 15.0 Å². The average molecular weight is 455 g/mol. The molecule has 1 atom stereocenters. The molecule has 2 rings (SSSR count). The van der Waals surface area contributed by atoms with E-state index >= 15 is 0 Å². The molecule has 2 aromatic rings. The second-order valence-electron chi connectivity index (χ2n) is 5.85. The highest BCUT2D eigenvalue weighted by Gasteiger charge is 2.29. The van der Waals surface area contributed by atoms with E-state index in [1.54, 1.807) is 13.8 Å². The van der Waals surface area contributed by atoms with Crippen LogP contribution in [0.2, 0.25) is 5.15 Å². The Hall–Kier alpha value is -2.98. The van der Waals surface area contributed by atoms with Crippen LogP contribution >= 0.6 is 22.9 Å². The molecule has 1 N–H and O–H groups in total. The summed E-state index contributed by atoms with van der Waals surface area (Å²) in [4.78, 5) is 53.0. The van der Waals surface area contributed by atoms with E-state index < -0.39 is 29.9 Å². The van der Waals surface area contributed by atoms with Gasteiger partial charge < -0.3 is 19.5 Å². The smallest absolute Gasteiger partial charge is 0.348 e. The Morgan fingerprint density at radius 3 is 2.53 bits per heavy atom. The van der Waals surface area contributed by atoms with Gasteiger partial charge in [-0.3, -0.25) is 4.79 Å². The van der Waals surface area contributed by atoms with Crippen molar-refractivity contribution in [3.63, 3.8) is 0 Å². The molecular formula is C19H19ClN2O7S. The summed E-state index contributed by atoms with van der Waals surface area (Å²) >= 11 is 6.72. The summed E-state index contributed by atoms with van der Waals surface area (Å²) in [5, 5.41) is 2.52. The van der Waals surface area contributed by atoms with Gasteiger partial charge in [-0.1, -0.05) is 11.6 Å². The largest absolute Gasteiger partial charge is 0.465 e. The molecule has 0 bridgehead atoms. The van der Waals surface area contributed by atoms with Crippen molar-refractivity contribution in [3.05, 3.63) is 45.1 Å². The van der Waals surface area contributed by atoms with E-state index in [0.29, 0.717) is 5.56 Å². The number of pyridine rings is 1. The molecular weight excluding hydrogens is 436 g/mol. The lowest BCUT2D eigenvalue weighted by atomic mass is 10.1. The maximum absolute atomic E-state index is 12.5. The Morgan fingerprint density at radius 1 is 1.23 bits per heavy atom. The van der Waals surface area contributed by atoms with Gasteiger partial charge in [-0.2, -0.15) is 0 Å². The van der Waals surface area contributed by atoms with Gasteiger partial charge in [0.15, 0.2) is 6.10 Å². The van der Waals surface area contributed by atoms with Crippen molar-refractivity contribution >= 4 is 51.8 Å². The van der Waals surface area contributed by atoms with Crippen LogP contribution in [0, 0.1) is 6.92 Å². The average Bonchev–Trinajstić information content (AvgIpc) is 3.03. The van der Waals surface area contributed by atoms with E-state index in [1.807, 2.05) is 0 Å². The zero-order chi connectivity index (χ0) is 22.4. The van der Waals surface area contributed by atoms with Crippen LogP contribution in [0.25, 0.3) is 0 Å². The van der Waals surface area contributed by atoms with Crippen LogP contribution < -0.4 is 5.32 Å². The Bertz CT molecular complexity index is 989. The Labute approximate surface area is 181 Å². The van der Waals surface area contributed by atoms with Gasteiger partial charge in [0.2, 0.25) is 0 Å². The fourth-order valence-electron chi connectivity index (χ4n) is 2.37. The number of carbonyl (C=O) groups excluding carboxylic acids is 4. The molecule has 0 aromatic carbocycles. The van der Waals surface area contributed by atoms with Gasteiger partial charge in [-0.15, -0.1) is 11.3 Å². The predicted octanol–water partition coefficient (Wildman–Crippen LogP) is 3.25. The third kappa shape index (κ3) is 5.14. The number of thiophene rings is 1. The van der Waals surface area contributed by atoms with Crippen LogP contribution in [-0.4, -0.2) is 48.6 Å². The standard InChI is InChI=1S/C19H19ClN2O7S/c1-5-28-19(26)13-9(2)12(18(25)27-4)16(30-13)22-15(23)10(3)29-17(24)11-7-6-8-21-14(11)20/h6-8,10H,5H2,1-4H3,(H,22,23). The molecule has 0 saturated heterocycles. The van der Waals surface area contributed by atoms with E-state index in [0.717, 1.165) is 11.3 Å². The van der Waals surface area contributed by atoms with Crippen LogP contribution in [-0.2, 0) is 19.0 Å². The zero-order valence-electron chi connectivity index (χ0n) is 16.6. The van der Waals surface area contributed by atoms with Crippen molar-refractivity contribution in [2.75, 3.05) is 19.0 Å². The molecule has 0 fully saturated rings. The highest BCUT2D eigenvalue weighted by Crippen LogP contribution is 2.34. The molecule has 0 spiro atoms. The molecule has 9 nitrogen and oxygen atoms in total. The number of amides is 1. The summed E-state index contributed by atoms with van der Waals surface area (Å²) in [6.07, 6.45) is 0.178. The molecule has 160 valence electrons. The topological polar surface area (TPSA) is 121 Å². The Morgan fingerprint density at radius 2 is 1.93 bits per heavy atom. The van der Waals surface area contributed by atoms with Crippen LogP contribution in [0.3, 0.4) is 0 Å². The van der Waals surface area contributed by atoms with Crippen molar-refractivity contribution in [1.82, 2.24) is 4.98 Å². The van der Waals surface area contributed by atoms with Crippen molar-refractivity contribution in [1.29, 1.82) is 0 Å². The predicted molar refractivity (Wildman–Crippen MR) is 109 cm³/mol. The van der Waals surface area contributed by atoms with Gasteiger partial charge >= 0.3 is 17.9 Å². The molecule has 0 saturated carbocycles. The van der Waals surface area contributed by atoms with Crippen molar-refractivity contribution in [3.8, 4) is 0 Å². The molecule has 0 radical (unpaired) electrons. The number of methoxy groups -OCH3 is 1. The van der Waals surface area contributed by atoms with Gasteiger partial charge in [0.25, 0.3) is 5.91 Å². The summed E-state index contributed by atoms with van der Waals surface area (Å²) < 4.78 is 14.8. The molecule has 2 aromatic heterocycles. The number of aromatic nitrogens is 1. The van der Waals surface area contributed by atoms with Crippen LogP contribution in [0.5, 0.6) is 0 Å². The van der Waals surface area contributed by atoms with Gasteiger partial charge in [0.05, 0.1) is 24.8 Å². The molecule has 1 unspecified atom stereocenters. The number of carbonyl (C=O) groups is 4. The molecule has 2 heterocycles. The number of esters is 3. The summed E-state index contributed by atoms with van der Waals surface area (Å²) in [7, 11) is 1.18. The van der Waals surface area contributed by atoms with Crippen LogP contribution in [0.15, 0.2) is 18.3 Å². The summed E-state index contributed by atoms with van der Waals surface area (Å²) in [5.41, 5.74) is 0.339. The van der Waals surface area contributed by atoms with E-state index in [1.165, 1.54) is 32.4 Å². The molecule has 0 aliphatic carbocycles. The van der Waals surface area contributed by atoms with E-state index in [9.17, 15) is 19.2 Å². The number of nitrogens with zero attached hydrogens (tertiary/aromatic N) is 1. The lowest BCUT2D eigenvalue weighted by molar-refractivity contribution is -0.123. The number of rotatable bonds is 7. The first-order valence-corrected chi connectivity index (χ1v) is 9.91. The van der Waals surface area contributed by atoms with Crippen LogP contribution in [0.1, 0.15) is 49.8 Å². The van der Waals surface area contributed by atoms with Crippen molar-refractivity contribution in [2.45, 2.75) is 26.9 Å². The minimum Gasteiger partial charge on any atom is -0.465 e. The first kappa shape index (κ1) is 23.3. The Balaban J connectivity index is 2.23. The number of hydrogen-bond donors (Lipinski definition) is 1. The number of nitrogens with one attached hydrogen (secondary N) is 1. The first-order valence-electron chi connectivity index (χ1n) is 8.72. The SMILES string of the molecule is CCOC(=O)c1sc(NC(=O)C(C)OC(=O)c2cccnc2Cl)c(C(=O)OC)c1C. The molecule has 30 heavy (non-hydrogen) atoms. The minimum absolute atomic E-state index is 0.00521. The highest BCUT2D eigenvalue weighted by molar-refractivity contribution is 7.18. The second kappa shape index (κ2) is 10.2. The lowest BCUT2D eigenvalue weighted by Gasteiger charge is -2.13. The third-order valence-corrected chi connectivity index (χ3v) is 5.35. The van der Waals surface area contributed by atoms with Gasteiger partial charge in [-0.05, 0) is 38.5 Å². The van der Waals surface area contributed by atoms with E-state index in [2.05, 4.69) is 10.3 Å². The fourth-order valence-corrected chi connectivity index (χ4v) is 3.66. The molecule has 0 aliphatic rings. The summed E-state index contributed by atoms with van der Waals surface area (Å²) in [5.74, 6) is -2.92. The Kier molecular flexibility index (Phi) is 7.90. The maximum Gasteiger partial charge on any atom is 0.348 e. The number of anilines is 1. The third-order valence-electron chi connectivity index (χ3n) is 3.87. The molecule has 11 heteroatoms. The van der Waals surface area contributed by atoms with Gasteiger partial charge in [0, 0.05) is 6.20 Å². The summed E-state index contributed by atoms with van der Waals surface area (Å²) in [6.45, 7) is 4.69. The van der Waals surface area contributed by atoms with E-state index in [4.69, 9.17) is 25.8 Å². The quantitative estimate of drug-likeness (QED) is 0.384. The highest BCUT2D eigenvalue weighted by atomic mass is 35.5. The van der Waals surface area contributed by atoms with Crippen molar-refractivity contribution in [2.24, 2.45) is 0 Å². The number of ether oxygens (including phenoxy) is 3. The van der Waals surface area contributed by atoms with Gasteiger partial charge in [-0.25, -0.2) is 19.4 Å². The maximum atomic E-state index is 12.5. The van der Waals surface area contributed by atoms with E-state index in [-0.39, 0.29) is 32.8 Å². The fraction of sp³-hybridized carbons (Fsp3) is 0.316. The zero-order valence-corrected chi connectivity index (χ0v) is 18.2. The first-order chi connectivity index (χ1) is 14.2. The van der Waals surface area contributed by atoms with Crippen molar-refractivity contribution < 1.29 is 33.4 Å². The minimum atomic E-state index is -1.23. The monoisotopic (exact) mass is 454 g/mol. The molecule has 1 amide bonds. The van der Waals surface area contributed by atoms with Crippen LogP contribution in [0.4, 0.5) is 5.00 Å².